The van der Waals surface area contributed by atoms with Gasteiger partial charge in [-0.25, -0.2) is 4.79 Å². The molecule has 7 nitrogen and oxygen atoms in total. The number of nitrogens with one attached hydrogen (secondary N) is 2. The first-order valence-corrected chi connectivity index (χ1v) is 7.53. The molecule has 122 valence electrons. The summed E-state index contributed by atoms with van der Waals surface area (Å²) in [5.74, 6) is 1.14. The van der Waals surface area contributed by atoms with Gasteiger partial charge in [0.2, 0.25) is 12.7 Å². The van der Waals surface area contributed by atoms with Crippen molar-refractivity contribution in [2.45, 2.75) is 13.1 Å². The second kappa shape index (κ2) is 5.77. The molecule has 2 heterocycles. The molecule has 0 atom stereocenters. The molecule has 24 heavy (non-hydrogen) atoms. The number of hydrogen-bond donors (Lipinski definition) is 2. The molecule has 0 saturated heterocycles. The molecule has 1 aliphatic heterocycles. The average Bonchev–Trinajstić information content (AvgIpc) is 3.17. The van der Waals surface area contributed by atoms with Gasteiger partial charge < -0.3 is 19.8 Å². The van der Waals surface area contributed by atoms with E-state index in [2.05, 4.69) is 10.3 Å². The molecule has 4 rings (SSSR count). The number of imidazole rings is 1. The number of amides is 1. The molecule has 0 fully saturated rings. The van der Waals surface area contributed by atoms with E-state index in [0.29, 0.717) is 29.1 Å². The Balaban J connectivity index is 1.45. The lowest BCUT2D eigenvalue weighted by Gasteiger charge is -2.07. The van der Waals surface area contributed by atoms with Crippen LogP contribution in [0, 0.1) is 0 Å². The van der Waals surface area contributed by atoms with E-state index in [1.54, 1.807) is 12.1 Å². The minimum absolute atomic E-state index is 0.0343. The maximum atomic E-state index is 12.2. The predicted octanol–water partition coefficient (Wildman–Crippen LogP) is 1.37. The number of para-hydroxylation sites is 2. The Bertz CT molecular complexity index is 973. The summed E-state index contributed by atoms with van der Waals surface area (Å²) in [6.45, 7) is 0.536. The number of aromatic nitrogens is 2. The van der Waals surface area contributed by atoms with E-state index in [-0.39, 0.29) is 24.9 Å². The molecule has 0 unspecified atom stereocenters. The van der Waals surface area contributed by atoms with Gasteiger partial charge in [0.05, 0.1) is 11.0 Å². The van der Waals surface area contributed by atoms with Crippen LogP contribution >= 0.6 is 0 Å². The number of ether oxygens (including phenoxy) is 2. The number of aromatic amines is 1. The van der Waals surface area contributed by atoms with E-state index in [4.69, 9.17) is 9.47 Å². The summed E-state index contributed by atoms with van der Waals surface area (Å²) in [4.78, 5) is 26.9. The SMILES string of the molecule is O=C(Cn1c(=O)[nH]c2ccccc21)NCc1ccc2c(c1)OCO2. The number of nitrogens with zero attached hydrogens (tertiary/aromatic N) is 1. The molecule has 7 heteroatoms. The number of benzene rings is 2. The number of carbonyl (C=O) groups is 1. The summed E-state index contributed by atoms with van der Waals surface area (Å²) in [6.07, 6.45) is 0. The Hall–Kier alpha value is -3.22. The van der Waals surface area contributed by atoms with Crippen LogP contribution in [0.4, 0.5) is 0 Å². The van der Waals surface area contributed by atoms with Gasteiger partial charge in [0.1, 0.15) is 6.54 Å². The molecule has 1 aliphatic rings. The molecule has 2 N–H and O–H groups in total. The van der Waals surface area contributed by atoms with Gasteiger partial charge in [0.25, 0.3) is 0 Å². The summed E-state index contributed by atoms with van der Waals surface area (Å²) >= 11 is 0. The highest BCUT2D eigenvalue weighted by Gasteiger charge is 2.14. The monoisotopic (exact) mass is 325 g/mol. The highest BCUT2D eigenvalue weighted by atomic mass is 16.7. The number of carbonyl (C=O) groups excluding carboxylic acids is 1. The van der Waals surface area contributed by atoms with E-state index in [1.165, 1.54) is 4.57 Å². The second-order valence-corrected chi connectivity index (χ2v) is 5.50. The molecule has 0 bridgehead atoms. The molecule has 3 aromatic rings. The van der Waals surface area contributed by atoms with Crippen LogP contribution in [-0.2, 0) is 17.9 Å². The van der Waals surface area contributed by atoms with E-state index in [9.17, 15) is 9.59 Å². The maximum absolute atomic E-state index is 12.2. The normalized spacial score (nSPS) is 12.5. The highest BCUT2D eigenvalue weighted by molar-refractivity contribution is 5.80. The van der Waals surface area contributed by atoms with E-state index >= 15 is 0 Å². The molecule has 2 aromatic carbocycles. The second-order valence-electron chi connectivity index (χ2n) is 5.50. The zero-order valence-electron chi connectivity index (χ0n) is 12.7. The van der Waals surface area contributed by atoms with Crippen molar-refractivity contribution < 1.29 is 14.3 Å². The average molecular weight is 325 g/mol. The standard InChI is InChI=1S/C17H15N3O4/c21-16(9-20-13-4-2-1-3-12(13)19-17(20)22)18-8-11-5-6-14-15(7-11)24-10-23-14/h1-7H,8-10H2,(H,18,21)(H,19,22). The van der Waals surface area contributed by atoms with Crippen molar-refractivity contribution in [1.29, 1.82) is 0 Å². The first-order valence-electron chi connectivity index (χ1n) is 7.53. The van der Waals surface area contributed by atoms with Gasteiger partial charge in [-0.2, -0.15) is 0 Å². The van der Waals surface area contributed by atoms with Crippen LogP contribution < -0.4 is 20.5 Å². The van der Waals surface area contributed by atoms with Crippen molar-refractivity contribution in [3.05, 3.63) is 58.5 Å². The van der Waals surface area contributed by atoms with Crippen LogP contribution in [-0.4, -0.2) is 22.3 Å². The maximum Gasteiger partial charge on any atom is 0.326 e. The van der Waals surface area contributed by atoms with Gasteiger partial charge >= 0.3 is 5.69 Å². The predicted molar refractivity (Wildman–Crippen MR) is 87.0 cm³/mol. The number of rotatable bonds is 4. The molecular formula is C17H15N3O4. The largest absolute Gasteiger partial charge is 0.454 e. The summed E-state index contributed by atoms with van der Waals surface area (Å²) in [6, 6.07) is 12.8. The topological polar surface area (TPSA) is 85.4 Å². The quantitative estimate of drug-likeness (QED) is 0.759. The third-order valence-electron chi connectivity index (χ3n) is 3.91. The smallest absolute Gasteiger partial charge is 0.326 e. The Morgan fingerprint density at radius 3 is 2.92 bits per heavy atom. The van der Waals surface area contributed by atoms with Crippen LogP contribution in [0.3, 0.4) is 0 Å². The zero-order valence-corrected chi connectivity index (χ0v) is 12.7. The minimum Gasteiger partial charge on any atom is -0.454 e. The summed E-state index contributed by atoms with van der Waals surface area (Å²) < 4.78 is 12.0. The number of H-pyrrole nitrogens is 1. The number of fused-ring (bicyclic) bond motifs is 2. The fourth-order valence-corrected chi connectivity index (χ4v) is 2.71. The highest BCUT2D eigenvalue weighted by Crippen LogP contribution is 2.32. The van der Waals surface area contributed by atoms with Crippen LogP contribution in [0.15, 0.2) is 47.3 Å². The van der Waals surface area contributed by atoms with Gasteiger partial charge in [-0.15, -0.1) is 0 Å². The molecular weight excluding hydrogens is 310 g/mol. The summed E-state index contributed by atoms with van der Waals surface area (Å²) in [5.41, 5.74) is 2.03. The van der Waals surface area contributed by atoms with Gasteiger partial charge in [0.15, 0.2) is 11.5 Å². The van der Waals surface area contributed by atoms with Crippen LogP contribution in [0.1, 0.15) is 5.56 Å². The first-order chi connectivity index (χ1) is 11.7. The Morgan fingerprint density at radius 1 is 1.17 bits per heavy atom. The van der Waals surface area contributed by atoms with E-state index in [0.717, 1.165) is 5.56 Å². The van der Waals surface area contributed by atoms with E-state index < -0.39 is 0 Å². The van der Waals surface area contributed by atoms with Gasteiger partial charge in [-0.1, -0.05) is 18.2 Å². The molecule has 0 saturated carbocycles. The third-order valence-corrected chi connectivity index (χ3v) is 3.91. The van der Waals surface area contributed by atoms with Crippen molar-refractivity contribution in [3.8, 4) is 11.5 Å². The van der Waals surface area contributed by atoms with Crippen LogP contribution in [0.25, 0.3) is 11.0 Å². The van der Waals surface area contributed by atoms with Crippen LogP contribution in [0.5, 0.6) is 11.5 Å². The summed E-state index contributed by atoms with van der Waals surface area (Å²) in [7, 11) is 0. The molecule has 0 aliphatic carbocycles. The van der Waals surface area contributed by atoms with Crippen molar-refractivity contribution in [1.82, 2.24) is 14.9 Å². The summed E-state index contributed by atoms with van der Waals surface area (Å²) in [5, 5.41) is 2.81. The minimum atomic E-state index is -0.297. The van der Waals surface area contributed by atoms with Crippen LogP contribution in [0.2, 0.25) is 0 Å². The van der Waals surface area contributed by atoms with Crippen molar-refractivity contribution in [3.63, 3.8) is 0 Å². The third kappa shape index (κ3) is 2.60. The molecule has 1 aromatic heterocycles. The molecule has 0 radical (unpaired) electrons. The Morgan fingerprint density at radius 2 is 2.00 bits per heavy atom. The number of hydrogen-bond acceptors (Lipinski definition) is 4. The molecule has 1 amide bonds. The lowest BCUT2D eigenvalue weighted by atomic mass is 10.2. The van der Waals surface area contributed by atoms with E-state index in [1.807, 2.05) is 30.3 Å². The Kier molecular flexibility index (Phi) is 3.45. The van der Waals surface area contributed by atoms with Crippen molar-refractivity contribution >= 4 is 16.9 Å². The Labute approximate surface area is 136 Å². The lowest BCUT2D eigenvalue weighted by Crippen LogP contribution is -2.30. The fraction of sp³-hybridized carbons (Fsp3) is 0.176. The van der Waals surface area contributed by atoms with Crippen molar-refractivity contribution in [2.24, 2.45) is 0 Å². The fourth-order valence-electron chi connectivity index (χ4n) is 2.71. The van der Waals surface area contributed by atoms with Gasteiger partial charge in [-0.05, 0) is 29.8 Å². The van der Waals surface area contributed by atoms with Crippen molar-refractivity contribution in [2.75, 3.05) is 6.79 Å². The first kappa shape index (κ1) is 14.4. The zero-order chi connectivity index (χ0) is 16.5. The lowest BCUT2D eigenvalue weighted by molar-refractivity contribution is -0.121. The van der Waals surface area contributed by atoms with Gasteiger partial charge in [-0.3, -0.25) is 9.36 Å². The van der Waals surface area contributed by atoms with Gasteiger partial charge in [0, 0.05) is 6.54 Å². The molecule has 0 spiro atoms.